The van der Waals surface area contributed by atoms with Crippen molar-refractivity contribution in [2.45, 2.75) is 51.4 Å². The van der Waals surface area contributed by atoms with E-state index in [1.165, 1.54) is 0 Å². The van der Waals surface area contributed by atoms with Gasteiger partial charge in [0.1, 0.15) is 5.75 Å². The van der Waals surface area contributed by atoms with Crippen molar-refractivity contribution in [2.24, 2.45) is 0 Å². The monoisotopic (exact) mass is 608 g/mol. The van der Waals surface area contributed by atoms with Crippen LogP contribution in [0.1, 0.15) is 56.9 Å². The van der Waals surface area contributed by atoms with Crippen molar-refractivity contribution >= 4 is 39.1 Å². The van der Waals surface area contributed by atoms with Crippen LogP contribution in [0.5, 0.6) is 17.2 Å². The summed E-state index contributed by atoms with van der Waals surface area (Å²) in [6.07, 6.45) is 4.18. The van der Waals surface area contributed by atoms with Crippen LogP contribution in [-0.4, -0.2) is 49.7 Å². The molecule has 0 radical (unpaired) electrons. The van der Waals surface area contributed by atoms with Gasteiger partial charge in [0.2, 0.25) is 0 Å². The zero-order valence-electron chi connectivity index (χ0n) is 23.0. The van der Waals surface area contributed by atoms with E-state index < -0.39 is 5.92 Å². The Morgan fingerprint density at radius 1 is 0.975 bits per heavy atom. The second-order valence-corrected chi connectivity index (χ2v) is 10.9. The van der Waals surface area contributed by atoms with E-state index in [-0.39, 0.29) is 24.1 Å². The number of ketones is 2. The second-order valence-electron chi connectivity index (χ2n) is 10.1. The molecule has 0 saturated heterocycles. The molecule has 8 nitrogen and oxygen atoms in total. The summed E-state index contributed by atoms with van der Waals surface area (Å²) >= 11 is 3.62. The van der Waals surface area contributed by atoms with Crippen molar-refractivity contribution < 1.29 is 28.6 Å². The fourth-order valence-corrected chi connectivity index (χ4v) is 6.49. The Morgan fingerprint density at radius 2 is 1.62 bits per heavy atom. The molecule has 1 aliphatic heterocycles. The zero-order chi connectivity index (χ0) is 28.4. The molecule has 0 atom stereocenters. The van der Waals surface area contributed by atoms with Gasteiger partial charge in [0.05, 0.1) is 23.9 Å². The van der Waals surface area contributed by atoms with Gasteiger partial charge in [-0.2, -0.15) is 0 Å². The number of methoxy groups -OCH3 is 1. The standard InChI is InChI=1S/C31H33BrN2O6/c1-4-39-26-16-18(15-19(32)31(26)40-17-27(37)33-20-9-5-6-14-25(20)38-3)28-29-21(10-7-12-23(29)35)34(2)22-11-8-13-24(36)30(22)28/h5-6,9,14-16,28H,4,7-8,10-13,17H2,1-3H3,(H,33,37). The van der Waals surface area contributed by atoms with Crippen LogP contribution in [-0.2, 0) is 14.4 Å². The van der Waals surface area contributed by atoms with Gasteiger partial charge in [0.25, 0.3) is 5.91 Å². The third-order valence-corrected chi connectivity index (χ3v) is 8.23. The molecular weight excluding hydrogens is 576 g/mol. The van der Waals surface area contributed by atoms with Crippen molar-refractivity contribution in [3.8, 4) is 17.2 Å². The number of nitrogens with zero attached hydrogens (tertiary/aromatic N) is 1. The Kier molecular flexibility index (Phi) is 8.30. The predicted octanol–water partition coefficient (Wildman–Crippen LogP) is 5.92. The minimum Gasteiger partial charge on any atom is -0.495 e. The number of carbonyl (C=O) groups is 3. The summed E-state index contributed by atoms with van der Waals surface area (Å²) in [5, 5.41) is 2.80. The van der Waals surface area contributed by atoms with Gasteiger partial charge in [-0.25, -0.2) is 0 Å². The molecule has 210 valence electrons. The topological polar surface area (TPSA) is 94.2 Å². The number of amides is 1. The van der Waals surface area contributed by atoms with Crippen LogP contribution >= 0.6 is 15.9 Å². The molecule has 40 heavy (non-hydrogen) atoms. The summed E-state index contributed by atoms with van der Waals surface area (Å²) in [4.78, 5) is 41.5. The van der Waals surface area contributed by atoms with Gasteiger partial charge >= 0.3 is 0 Å². The fourth-order valence-electron chi connectivity index (χ4n) is 5.92. The summed E-state index contributed by atoms with van der Waals surface area (Å²) < 4.78 is 17.8. The van der Waals surface area contributed by atoms with E-state index in [9.17, 15) is 14.4 Å². The third kappa shape index (κ3) is 5.27. The normalized spacial score (nSPS) is 17.4. The number of benzene rings is 2. The van der Waals surface area contributed by atoms with Crippen molar-refractivity contribution in [3.05, 3.63) is 69.0 Å². The van der Waals surface area contributed by atoms with Crippen LogP contribution in [0.3, 0.4) is 0 Å². The molecule has 3 aliphatic rings. The maximum absolute atomic E-state index is 13.3. The maximum Gasteiger partial charge on any atom is 0.262 e. The van der Waals surface area contributed by atoms with E-state index in [2.05, 4.69) is 26.1 Å². The average molecular weight is 610 g/mol. The minimum atomic E-state index is -0.458. The second kappa shape index (κ2) is 11.9. The molecule has 0 saturated carbocycles. The number of hydrogen-bond donors (Lipinski definition) is 1. The predicted molar refractivity (Wildman–Crippen MR) is 155 cm³/mol. The lowest BCUT2D eigenvalue weighted by molar-refractivity contribution is -0.118. The van der Waals surface area contributed by atoms with E-state index in [0.29, 0.717) is 58.0 Å². The first kappa shape index (κ1) is 28.0. The van der Waals surface area contributed by atoms with Gasteiger partial charge in [-0.1, -0.05) is 12.1 Å². The van der Waals surface area contributed by atoms with E-state index in [4.69, 9.17) is 14.2 Å². The summed E-state index contributed by atoms with van der Waals surface area (Å²) in [5.74, 6) is 0.722. The van der Waals surface area contributed by atoms with Crippen molar-refractivity contribution in [3.63, 3.8) is 0 Å². The number of nitrogens with one attached hydrogen (secondary N) is 1. The molecule has 1 amide bonds. The Hall–Kier alpha value is -3.59. The quantitative estimate of drug-likeness (QED) is 0.397. The molecule has 5 rings (SSSR count). The molecule has 2 aromatic carbocycles. The highest BCUT2D eigenvalue weighted by Crippen LogP contribution is 2.50. The Morgan fingerprint density at radius 3 is 2.25 bits per heavy atom. The smallest absolute Gasteiger partial charge is 0.262 e. The van der Waals surface area contributed by atoms with Gasteiger partial charge in [-0.05, 0) is 78.4 Å². The number of ether oxygens (including phenoxy) is 3. The van der Waals surface area contributed by atoms with Gasteiger partial charge < -0.3 is 24.4 Å². The highest BCUT2D eigenvalue weighted by molar-refractivity contribution is 9.10. The summed E-state index contributed by atoms with van der Waals surface area (Å²) in [6.45, 7) is 1.98. The van der Waals surface area contributed by atoms with Crippen molar-refractivity contribution in [1.82, 2.24) is 4.90 Å². The van der Waals surface area contributed by atoms with E-state index in [0.717, 1.165) is 42.6 Å². The average Bonchev–Trinajstić information content (AvgIpc) is 2.94. The Labute approximate surface area is 242 Å². The molecule has 2 aliphatic carbocycles. The van der Waals surface area contributed by atoms with Gasteiger partial charge in [-0.15, -0.1) is 0 Å². The van der Waals surface area contributed by atoms with E-state index in [1.807, 2.05) is 32.2 Å². The maximum atomic E-state index is 13.3. The summed E-state index contributed by atoms with van der Waals surface area (Å²) in [7, 11) is 3.52. The van der Waals surface area contributed by atoms with Crippen molar-refractivity contribution in [1.29, 1.82) is 0 Å². The first-order valence-corrected chi connectivity index (χ1v) is 14.4. The molecule has 2 aromatic rings. The van der Waals surface area contributed by atoms with Crippen LogP contribution in [0.15, 0.2) is 63.4 Å². The molecular formula is C31H33BrN2O6. The third-order valence-electron chi connectivity index (χ3n) is 7.64. The highest BCUT2D eigenvalue weighted by atomic mass is 79.9. The molecule has 0 fully saturated rings. The number of Topliss-reactive ketones (excluding diaryl/α,β-unsaturated/α-hetero) is 2. The largest absolute Gasteiger partial charge is 0.495 e. The van der Waals surface area contributed by atoms with Crippen molar-refractivity contribution in [2.75, 3.05) is 32.7 Å². The minimum absolute atomic E-state index is 0.0884. The van der Waals surface area contributed by atoms with E-state index in [1.54, 1.807) is 25.3 Å². The first-order valence-electron chi connectivity index (χ1n) is 13.6. The van der Waals surface area contributed by atoms with Crippen LogP contribution in [0.4, 0.5) is 5.69 Å². The number of allylic oxidation sites excluding steroid dienone is 4. The molecule has 0 spiro atoms. The number of anilines is 1. The molecule has 0 bridgehead atoms. The van der Waals surface area contributed by atoms with E-state index >= 15 is 0 Å². The van der Waals surface area contributed by atoms with Gasteiger partial charge in [0.15, 0.2) is 29.7 Å². The number of rotatable bonds is 8. The number of carbonyl (C=O) groups excluding carboxylic acids is 3. The van der Waals surface area contributed by atoms with Crippen LogP contribution in [0.25, 0.3) is 0 Å². The fraction of sp³-hybridized carbons (Fsp3) is 0.387. The SMILES string of the molecule is CCOc1cc(C2C3=C(CCCC3=O)N(C)C3=C2C(=O)CCC3)cc(Br)c1OCC(=O)Nc1ccccc1OC. The summed E-state index contributed by atoms with van der Waals surface area (Å²) in [5.41, 5.74) is 4.78. The lowest BCUT2D eigenvalue weighted by atomic mass is 9.71. The molecule has 9 heteroatoms. The Bertz CT molecular complexity index is 1380. The molecule has 1 heterocycles. The van der Waals surface area contributed by atoms with Crippen LogP contribution in [0.2, 0.25) is 0 Å². The first-order chi connectivity index (χ1) is 19.3. The van der Waals surface area contributed by atoms with Gasteiger partial charge in [-0.3, -0.25) is 14.4 Å². The number of para-hydroxylation sites is 2. The van der Waals surface area contributed by atoms with Gasteiger partial charge in [0, 0.05) is 48.3 Å². The van der Waals surface area contributed by atoms with Crippen LogP contribution in [0, 0.1) is 0 Å². The molecule has 0 unspecified atom stereocenters. The lowest BCUT2D eigenvalue weighted by Gasteiger charge is -2.42. The number of halogens is 1. The lowest BCUT2D eigenvalue weighted by Crippen LogP contribution is -2.37. The summed E-state index contributed by atoms with van der Waals surface area (Å²) in [6, 6.07) is 10.9. The zero-order valence-corrected chi connectivity index (χ0v) is 24.6. The highest BCUT2D eigenvalue weighted by Gasteiger charge is 2.42. The molecule has 0 aromatic heterocycles. The van der Waals surface area contributed by atoms with Crippen LogP contribution < -0.4 is 19.5 Å². The Balaban J connectivity index is 1.49. The number of hydrogen-bond acceptors (Lipinski definition) is 7. The molecule has 1 N–H and O–H groups in total.